The molecule has 0 N–H and O–H groups in total. The topological polar surface area (TPSA) is 68.6 Å². The summed E-state index contributed by atoms with van der Waals surface area (Å²) in [6.45, 7) is 7.17. The van der Waals surface area contributed by atoms with Gasteiger partial charge in [-0.3, -0.25) is 0 Å². The molecule has 0 aliphatic heterocycles. The molecule has 0 fully saturated rings. The zero-order chi connectivity index (χ0) is 21.1. The molecular weight excluding hydrogens is 366 g/mol. The zero-order valence-electron chi connectivity index (χ0n) is 17.2. The van der Waals surface area contributed by atoms with Crippen molar-refractivity contribution in [2.75, 3.05) is 19.8 Å². The molecule has 0 aliphatic rings. The molecule has 0 amide bonds. The van der Waals surface area contributed by atoms with E-state index in [1.54, 1.807) is 31.2 Å². The fraction of sp³-hybridized carbons (Fsp3) is 0.333. The van der Waals surface area contributed by atoms with Crippen molar-refractivity contribution in [3.05, 3.63) is 65.2 Å². The van der Waals surface area contributed by atoms with Gasteiger partial charge >= 0.3 is 5.97 Å². The molecule has 29 heavy (non-hydrogen) atoms. The number of esters is 1. The van der Waals surface area contributed by atoms with Gasteiger partial charge in [0.1, 0.15) is 36.4 Å². The van der Waals surface area contributed by atoms with Crippen LogP contribution in [0.15, 0.2) is 54.1 Å². The summed E-state index contributed by atoms with van der Waals surface area (Å²) in [4.78, 5) is 11.7. The number of nitrogens with zero attached hydrogens (tertiary/aromatic N) is 1. The number of ether oxygens (including phenoxy) is 3. The molecule has 2 aromatic rings. The van der Waals surface area contributed by atoms with Crippen LogP contribution in [0.5, 0.6) is 11.5 Å². The summed E-state index contributed by atoms with van der Waals surface area (Å²) in [5.41, 5.74) is 2.00. The smallest absolute Gasteiger partial charge is 0.348 e. The Hall–Kier alpha value is -3.26. The second-order valence-corrected chi connectivity index (χ2v) is 6.53. The lowest BCUT2D eigenvalue weighted by atomic mass is 9.99. The summed E-state index contributed by atoms with van der Waals surface area (Å²) < 4.78 is 16.2. The monoisotopic (exact) mass is 393 g/mol. The van der Waals surface area contributed by atoms with Gasteiger partial charge in [-0.15, -0.1) is 0 Å². The molecule has 0 heterocycles. The quantitative estimate of drug-likeness (QED) is 0.242. The Morgan fingerprint density at radius 3 is 2.03 bits per heavy atom. The van der Waals surface area contributed by atoms with Gasteiger partial charge in [0.2, 0.25) is 0 Å². The van der Waals surface area contributed by atoms with E-state index >= 15 is 0 Å². The van der Waals surface area contributed by atoms with Crippen molar-refractivity contribution in [3.8, 4) is 17.6 Å². The Balaban J connectivity index is 1.81. The number of hydrogen-bond donors (Lipinski definition) is 0. The third-order valence-electron chi connectivity index (χ3n) is 4.49. The van der Waals surface area contributed by atoms with Crippen molar-refractivity contribution >= 4 is 12.0 Å². The highest BCUT2D eigenvalue weighted by molar-refractivity contribution is 5.97. The van der Waals surface area contributed by atoms with Crippen LogP contribution in [0.25, 0.3) is 6.08 Å². The molecule has 0 aromatic heterocycles. The standard InChI is InChI=1S/C24H27NO4/c1-4-18(3)20-8-12-23(13-9-20)29-15-14-28-22-10-6-19(7-11-22)16-21(17-25)24(26)27-5-2/h6-13,16,18H,4-5,14-15H2,1-3H3. The number of rotatable bonds is 10. The maximum absolute atomic E-state index is 11.7. The third kappa shape index (κ3) is 7.00. The summed E-state index contributed by atoms with van der Waals surface area (Å²) in [6, 6.07) is 17.2. The Bertz CT molecular complexity index is 848. The van der Waals surface area contributed by atoms with Crippen LogP contribution < -0.4 is 9.47 Å². The highest BCUT2D eigenvalue weighted by Gasteiger charge is 2.09. The van der Waals surface area contributed by atoms with Gasteiger partial charge in [0.05, 0.1) is 6.61 Å². The van der Waals surface area contributed by atoms with Gasteiger partial charge in [-0.2, -0.15) is 5.26 Å². The van der Waals surface area contributed by atoms with Gasteiger partial charge in [0, 0.05) is 0 Å². The van der Waals surface area contributed by atoms with Gasteiger partial charge in [0.25, 0.3) is 0 Å². The number of nitriles is 1. The Kier molecular flexibility index (Phi) is 8.78. The summed E-state index contributed by atoms with van der Waals surface area (Å²) >= 11 is 0. The minimum atomic E-state index is -0.621. The predicted octanol–water partition coefficient (Wildman–Crippen LogP) is 5.13. The van der Waals surface area contributed by atoms with Crippen LogP contribution in [0.1, 0.15) is 44.2 Å². The lowest BCUT2D eigenvalue weighted by Crippen LogP contribution is -2.09. The van der Waals surface area contributed by atoms with Crippen LogP contribution in [-0.4, -0.2) is 25.8 Å². The van der Waals surface area contributed by atoms with Crippen LogP contribution in [0, 0.1) is 11.3 Å². The lowest BCUT2D eigenvalue weighted by Gasteiger charge is -2.11. The fourth-order valence-electron chi connectivity index (χ4n) is 2.62. The third-order valence-corrected chi connectivity index (χ3v) is 4.49. The number of carbonyl (C=O) groups is 1. The first-order chi connectivity index (χ1) is 14.1. The van der Waals surface area contributed by atoms with E-state index in [4.69, 9.17) is 19.5 Å². The maximum Gasteiger partial charge on any atom is 0.348 e. The molecular formula is C24H27NO4. The second kappa shape index (κ2) is 11.6. The normalized spacial score (nSPS) is 12.0. The molecule has 0 spiro atoms. The largest absolute Gasteiger partial charge is 0.490 e. The molecule has 0 bridgehead atoms. The first-order valence-electron chi connectivity index (χ1n) is 9.81. The molecule has 0 radical (unpaired) electrons. The summed E-state index contributed by atoms with van der Waals surface area (Å²) in [5.74, 6) is 1.44. The minimum Gasteiger partial charge on any atom is -0.490 e. The average molecular weight is 393 g/mol. The van der Waals surface area contributed by atoms with Gasteiger partial charge in [-0.25, -0.2) is 4.79 Å². The lowest BCUT2D eigenvalue weighted by molar-refractivity contribution is -0.137. The van der Waals surface area contributed by atoms with Crippen molar-refractivity contribution in [2.24, 2.45) is 0 Å². The van der Waals surface area contributed by atoms with Crippen LogP contribution in [0.4, 0.5) is 0 Å². The van der Waals surface area contributed by atoms with E-state index in [9.17, 15) is 4.79 Å². The molecule has 0 saturated heterocycles. The number of carbonyl (C=O) groups excluding carboxylic acids is 1. The van der Waals surface area contributed by atoms with E-state index in [1.165, 1.54) is 11.6 Å². The fourth-order valence-corrected chi connectivity index (χ4v) is 2.62. The molecule has 0 saturated carbocycles. The van der Waals surface area contributed by atoms with E-state index in [0.29, 0.717) is 24.9 Å². The Morgan fingerprint density at radius 2 is 1.55 bits per heavy atom. The molecule has 1 unspecified atom stereocenters. The number of hydrogen-bond acceptors (Lipinski definition) is 5. The van der Waals surface area contributed by atoms with E-state index in [2.05, 4.69) is 26.0 Å². The van der Waals surface area contributed by atoms with Crippen LogP contribution in [-0.2, 0) is 9.53 Å². The predicted molar refractivity (Wildman–Crippen MR) is 113 cm³/mol. The van der Waals surface area contributed by atoms with E-state index in [-0.39, 0.29) is 12.2 Å². The first kappa shape index (κ1) is 22.0. The molecule has 0 aliphatic carbocycles. The summed E-state index contributed by atoms with van der Waals surface area (Å²) in [5, 5.41) is 9.07. The van der Waals surface area contributed by atoms with Crippen molar-refractivity contribution < 1.29 is 19.0 Å². The minimum absolute atomic E-state index is 0.0340. The van der Waals surface area contributed by atoms with Crippen LogP contribution in [0.2, 0.25) is 0 Å². The van der Waals surface area contributed by atoms with Gasteiger partial charge in [-0.1, -0.05) is 38.1 Å². The first-order valence-corrected chi connectivity index (χ1v) is 9.81. The zero-order valence-corrected chi connectivity index (χ0v) is 17.2. The van der Waals surface area contributed by atoms with Crippen molar-refractivity contribution in [1.82, 2.24) is 0 Å². The van der Waals surface area contributed by atoms with Crippen LogP contribution >= 0.6 is 0 Å². The molecule has 5 heteroatoms. The Labute approximate surface area is 172 Å². The molecule has 2 rings (SSSR count). The maximum atomic E-state index is 11.7. The van der Waals surface area contributed by atoms with Crippen molar-refractivity contribution in [2.45, 2.75) is 33.1 Å². The van der Waals surface area contributed by atoms with E-state index < -0.39 is 5.97 Å². The molecule has 1 atom stereocenters. The molecule has 2 aromatic carbocycles. The Morgan fingerprint density at radius 1 is 1.00 bits per heavy atom. The van der Waals surface area contributed by atoms with Crippen molar-refractivity contribution in [1.29, 1.82) is 5.26 Å². The van der Waals surface area contributed by atoms with Crippen LogP contribution in [0.3, 0.4) is 0 Å². The SMILES string of the molecule is CCOC(=O)C(C#N)=Cc1ccc(OCCOc2ccc(C(C)CC)cc2)cc1. The van der Waals surface area contributed by atoms with Gasteiger partial charge in [0.15, 0.2) is 0 Å². The molecule has 152 valence electrons. The van der Waals surface area contributed by atoms with Crippen molar-refractivity contribution in [3.63, 3.8) is 0 Å². The second-order valence-electron chi connectivity index (χ2n) is 6.53. The van der Waals surface area contributed by atoms with Gasteiger partial charge in [-0.05, 0) is 60.7 Å². The highest BCUT2D eigenvalue weighted by Crippen LogP contribution is 2.21. The summed E-state index contributed by atoms with van der Waals surface area (Å²) in [7, 11) is 0. The summed E-state index contributed by atoms with van der Waals surface area (Å²) in [6.07, 6.45) is 2.61. The van der Waals surface area contributed by atoms with E-state index in [0.717, 1.165) is 17.7 Å². The highest BCUT2D eigenvalue weighted by atomic mass is 16.5. The molecule has 5 nitrogen and oxygen atoms in total. The number of benzene rings is 2. The average Bonchev–Trinajstić information content (AvgIpc) is 2.76. The van der Waals surface area contributed by atoms with Gasteiger partial charge < -0.3 is 14.2 Å². The van der Waals surface area contributed by atoms with E-state index in [1.807, 2.05) is 18.2 Å².